The normalized spacial score (nSPS) is 16.2. The summed E-state index contributed by atoms with van der Waals surface area (Å²) in [4.78, 5) is 18.6. The van der Waals surface area contributed by atoms with Crippen molar-refractivity contribution < 1.29 is 13.9 Å². The molecule has 1 fully saturated rings. The van der Waals surface area contributed by atoms with Crippen LogP contribution in [0.15, 0.2) is 29.0 Å². The number of rotatable bonds is 4. The highest BCUT2D eigenvalue weighted by Gasteiger charge is 2.27. The van der Waals surface area contributed by atoms with Crippen LogP contribution in [0.25, 0.3) is 0 Å². The zero-order valence-electron chi connectivity index (χ0n) is 13.0. The van der Waals surface area contributed by atoms with Crippen molar-refractivity contribution in [1.82, 2.24) is 14.5 Å². The molecule has 3 heterocycles. The van der Waals surface area contributed by atoms with Crippen LogP contribution in [0.3, 0.4) is 0 Å². The fourth-order valence-electron chi connectivity index (χ4n) is 3.11. The van der Waals surface area contributed by atoms with Crippen molar-refractivity contribution in [3.8, 4) is 0 Å². The summed E-state index contributed by atoms with van der Waals surface area (Å²) in [6.07, 6.45) is 5.25. The maximum absolute atomic E-state index is 12.3. The first kappa shape index (κ1) is 14.8. The van der Waals surface area contributed by atoms with Crippen LogP contribution in [-0.2, 0) is 11.3 Å². The minimum atomic E-state index is -0.0251. The molecule has 118 valence electrons. The summed E-state index contributed by atoms with van der Waals surface area (Å²) in [5.41, 5.74) is 1.14. The molecule has 0 aliphatic carbocycles. The lowest BCUT2D eigenvalue weighted by atomic mass is 10.0. The molecular formula is C16H21N3O3. The molecule has 1 aliphatic rings. The van der Waals surface area contributed by atoms with Crippen LogP contribution < -0.4 is 0 Å². The smallest absolute Gasteiger partial charge is 0.289 e. The van der Waals surface area contributed by atoms with E-state index in [0.29, 0.717) is 18.4 Å². The van der Waals surface area contributed by atoms with Gasteiger partial charge in [-0.1, -0.05) is 0 Å². The maximum atomic E-state index is 12.3. The third kappa shape index (κ3) is 2.78. The minimum absolute atomic E-state index is 0.0251. The fourth-order valence-corrected chi connectivity index (χ4v) is 3.11. The number of methoxy groups -OCH3 is 1. The monoisotopic (exact) mass is 303 g/mol. The quantitative estimate of drug-likeness (QED) is 0.870. The second kappa shape index (κ2) is 6.36. The molecule has 0 N–H and O–H groups in total. The Morgan fingerprint density at radius 2 is 2.23 bits per heavy atom. The van der Waals surface area contributed by atoms with E-state index in [1.807, 2.05) is 11.1 Å². The summed E-state index contributed by atoms with van der Waals surface area (Å²) >= 11 is 0. The van der Waals surface area contributed by atoms with Crippen LogP contribution in [0.5, 0.6) is 0 Å². The van der Waals surface area contributed by atoms with Gasteiger partial charge in [0.05, 0.1) is 6.26 Å². The molecule has 2 aromatic heterocycles. The standard InChI is InChI=1S/C16H21N3O3/c1-12-10-17-15(11-21-2)19(12)13-5-7-18(8-6-13)16(20)14-4-3-9-22-14/h3-4,9-10,13H,5-8,11H2,1-2H3. The summed E-state index contributed by atoms with van der Waals surface area (Å²) in [5.74, 6) is 1.34. The SMILES string of the molecule is COCc1ncc(C)n1C1CCN(C(=O)c2ccco2)CC1. The number of piperidine rings is 1. The molecule has 1 amide bonds. The van der Waals surface area contributed by atoms with Crippen LogP contribution in [-0.4, -0.2) is 40.6 Å². The number of hydrogen-bond donors (Lipinski definition) is 0. The Bertz CT molecular complexity index is 625. The number of aryl methyl sites for hydroxylation is 1. The van der Waals surface area contributed by atoms with E-state index in [4.69, 9.17) is 9.15 Å². The van der Waals surface area contributed by atoms with Gasteiger partial charge < -0.3 is 18.6 Å². The Hall–Kier alpha value is -2.08. The molecule has 0 unspecified atom stereocenters. The molecule has 0 spiro atoms. The van der Waals surface area contributed by atoms with Crippen molar-refractivity contribution in [2.45, 2.75) is 32.4 Å². The van der Waals surface area contributed by atoms with Crippen LogP contribution in [0.1, 0.15) is 41.0 Å². The van der Waals surface area contributed by atoms with Crippen molar-refractivity contribution in [3.63, 3.8) is 0 Å². The van der Waals surface area contributed by atoms with Gasteiger partial charge in [0.25, 0.3) is 5.91 Å². The molecule has 0 bridgehead atoms. The van der Waals surface area contributed by atoms with Crippen molar-refractivity contribution in [2.75, 3.05) is 20.2 Å². The molecule has 22 heavy (non-hydrogen) atoms. The molecular weight excluding hydrogens is 282 g/mol. The third-order valence-electron chi connectivity index (χ3n) is 4.18. The largest absolute Gasteiger partial charge is 0.459 e. The lowest BCUT2D eigenvalue weighted by Crippen LogP contribution is -2.39. The fraction of sp³-hybridized carbons (Fsp3) is 0.500. The van der Waals surface area contributed by atoms with Crippen molar-refractivity contribution >= 4 is 5.91 Å². The average molecular weight is 303 g/mol. The molecule has 0 saturated carbocycles. The van der Waals surface area contributed by atoms with Crippen molar-refractivity contribution in [1.29, 1.82) is 0 Å². The lowest BCUT2D eigenvalue weighted by molar-refractivity contribution is 0.0658. The summed E-state index contributed by atoms with van der Waals surface area (Å²) in [5, 5.41) is 0. The van der Waals surface area contributed by atoms with E-state index in [-0.39, 0.29) is 5.91 Å². The molecule has 3 rings (SSSR count). The molecule has 2 aromatic rings. The second-order valence-corrected chi connectivity index (χ2v) is 5.62. The van der Waals surface area contributed by atoms with Gasteiger partial charge >= 0.3 is 0 Å². The molecule has 0 atom stereocenters. The van der Waals surface area contributed by atoms with Gasteiger partial charge in [0.1, 0.15) is 12.4 Å². The minimum Gasteiger partial charge on any atom is -0.459 e. The van der Waals surface area contributed by atoms with Crippen LogP contribution in [0, 0.1) is 6.92 Å². The van der Waals surface area contributed by atoms with Gasteiger partial charge in [-0.2, -0.15) is 0 Å². The number of furan rings is 1. The van der Waals surface area contributed by atoms with Gasteiger partial charge in [0.2, 0.25) is 0 Å². The number of nitrogens with zero attached hydrogens (tertiary/aromatic N) is 3. The topological polar surface area (TPSA) is 60.5 Å². The number of amides is 1. The molecule has 6 nitrogen and oxygen atoms in total. The van der Waals surface area contributed by atoms with E-state index in [1.54, 1.807) is 19.2 Å². The van der Waals surface area contributed by atoms with Crippen LogP contribution >= 0.6 is 0 Å². The van der Waals surface area contributed by atoms with E-state index < -0.39 is 0 Å². The van der Waals surface area contributed by atoms with Crippen molar-refractivity contribution in [3.05, 3.63) is 41.9 Å². The number of likely N-dealkylation sites (tertiary alicyclic amines) is 1. The summed E-state index contributed by atoms with van der Waals surface area (Å²) in [6.45, 7) is 4.04. The van der Waals surface area contributed by atoms with E-state index in [1.165, 1.54) is 6.26 Å². The molecule has 0 aromatic carbocycles. The van der Waals surface area contributed by atoms with Gasteiger partial charge in [0, 0.05) is 38.1 Å². The van der Waals surface area contributed by atoms with Crippen LogP contribution in [0.4, 0.5) is 0 Å². The first-order chi connectivity index (χ1) is 10.7. The highest BCUT2D eigenvalue weighted by molar-refractivity contribution is 5.91. The summed E-state index contributed by atoms with van der Waals surface area (Å²) < 4.78 is 12.7. The molecule has 6 heteroatoms. The Kier molecular flexibility index (Phi) is 4.29. The predicted octanol–water partition coefficient (Wildman–Crippen LogP) is 2.41. The molecule has 0 radical (unpaired) electrons. The van der Waals surface area contributed by atoms with Crippen LogP contribution in [0.2, 0.25) is 0 Å². The Morgan fingerprint density at radius 3 is 2.86 bits per heavy atom. The zero-order chi connectivity index (χ0) is 15.5. The lowest BCUT2D eigenvalue weighted by Gasteiger charge is -2.33. The van der Waals surface area contributed by atoms with Gasteiger partial charge in [-0.05, 0) is 31.9 Å². The van der Waals surface area contributed by atoms with E-state index >= 15 is 0 Å². The number of hydrogen-bond acceptors (Lipinski definition) is 4. The van der Waals surface area contributed by atoms with Gasteiger partial charge in [-0.15, -0.1) is 0 Å². The average Bonchev–Trinajstić information content (AvgIpc) is 3.18. The molecule has 1 aliphatic heterocycles. The number of imidazole rings is 1. The van der Waals surface area contributed by atoms with Crippen molar-refractivity contribution in [2.24, 2.45) is 0 Å². The Morgan fingerprint density at radius 1 is 1.45 bits per heavy atom. The maximum Gasteiger partial charge on any atom is 0.289 e. The number of ether oxygens (including phenoxy) is 1. The van der Waals surface area contributed by atoms with Gasteiger partial charge in [-0.3, -0.25) is 4.79 Å². The number of carbonyl (C=O) groups excluding carboxylic acids is 1. The summed E-state index contributed by atoms with van der Waals surface area (Å²) in [6, 6.07) is 3.82. The Labute approximate surface area is 129 Å². The predicted molar refractivity (Wildman–Crippen MR) is 80.6 cm³/mol. The van der Waals surface area contributed by atoms with E-state index in [2.05, 4.69) is 16.5 Å². The highest BCUT2D eigenvalue weighted by atomic mass is 16.5. The number of carbonyl (C=O) groups is 1. The Balaban J connectivity index is 1.67. The first-order valence-electron chi connectivity index (χ1n) is 7.55. The molecule has 1 saturated heterocycles. The second-order valence-electron chi connectivity index (χ2n) is 5.62. The van der Waals surface area contributed by atoms with Gasteiger partial charge in [0.15, 0.2) is 5.76 Å². The third-order valence-corrected chi connectivity index (χ3v) is 4.18. The van der Waals surface area contributed by atoms with Gasteiger partial charge in [-0.25, -0.2) is 4.98 Å². The number of aromatic nitrogens is 2. The van der Waals surface area contributed by atoms with E-state index in [0.717, 1.165) is 37.4 Å². The highest BCUT2D eigenvalue weighted by Crippen LogP contribution is 2.26. The van der Waals surface area contributed by atoms with E-state index in [9.17, 15) is 4.79 Å². The zero-order valence-corrected chi connectivity index (χ0v) is 13.0. The summed E-state index contributed by atoms with van der Waals surface area (Å²) in [7, 11) is 1.68. The first-order valence-corrected chi connectivity index (χ1v) is 7.55.